The average Bonchev–Trinajstić information content (AvgIpc) is 2.81. The summed E-state index contributed by atoms with van der Waals surface area (Å²) in [5.74, 6) is 0.723. The number of anilines is 1. The Balaban J connectivity index is 1.67. The van der Waals surface area contributed by atoms with E-state index in [1.165, 1.54) is 11.1 Å². The minimum Gasteiger partial charge on any atom is -0.497 e. The number of unbranched alkanes of at least 4 members (excludes halogenated alkanes) is 3. The molecule has 0 spiro atoms. The fourth-order valence-electron chi connectivity index (χ4n) is 4.23. The van der Waals surface area contributed by atoms with Crippen LogP contribution in [0.1, 0.15) is 56.7 Å². The molecule has 1 heterocycles. The topological polar surface area (TPSA) is 61.9 Å². The number of ether oxygens (including phenoxy) is 1. The Morgan fingerprint density at radius 3 is 2.56 bits per heavy atom. The highest BCUT2D eigenvalue weighted by atomic mass is 16.5. The van der Waals surface area contributed by atoms with E-state index in [0.717, 1.165) is 37.9 Å². The molecule has 32 heavy (non-hydrogen) atoms. The number of carbonyl (C=O) groups excluding carboxylic acids is 2. The molecule has 2 aromatic rings. The van der Waals surface area contributed by atoms with Gasteiger partial charge in [-0.3, -0.25) is 4.79 Å². The van der Waals surface area contributed by atoms with E-state index in [4.69, 9.17) is 4.74 Å². The zero-order valence-corrected chi connectivity index (χ0v) is 19.5. The number of methoxy groups -OCH3 is 1. The standard InChI is InChI=1S/C26H35N3O3/c1-4-5-6-9-17-28(26(31)27-22-12-14-23(32-3)15-13-22)19-25(30)29-18-16-21-10-7-8-11-24(21)20(29)2/h7-8,10-15,20H,4-6,9,16-19H2,1-3H3,(H,27,31). The van der Waals surface area contributed by atoms with Crippen molar-refractivity contribution in [3.63, 3.8) is 0 Å². The number of carbonyl (C=O) groups is 2. The average molecular weight is 438 g/mol. The van der Waals surface area contributed by atoms with E-state index < -0.39 is 0 Å². The Morgan fingerprint density at radius 2 is 1.84 bits per heavy atom. The van der Waals surface area contributed by atoms with E-state index >= 15 is 0 Å². The van der Waals surface area contributed by atoms with Gasteiger partial charge in [0.15, 0.2) is 0 Å². The summed E-state index contributed by atoms with van der Waals surface area (Å²) < 4.78 is 5.18. The molecule has 1 aliphatic heterocycles. The van der Waals surface area contributed by atoms with Crippen molar-refractivity contribution >= 4 is 17.6 Å². The molecule has 0 saturated heterocycles. The quantitative estimate of drug-likeness (QED) is 0.545. The monoisotopic (exact) mass is 437 g/mol. The lowest BCUT2D eigenvalue weighted by atomic mass is 9.93. The van der Waals surface area contributed by atoms with Crippen LogP contribution in [0.15, 0.2) is 48.5 Å². The van der Waals surface area contributed by atoms with Crippen molar-refractivity contribution in [1.29, 1.82) is 0 Å². The third kappa shape index (κ3) is 6.02. The maximum atomic E-state index is 13.2. The third-order valence-corrected chi connectivity index (χ3v) is 6.15. The van der Waals surface area contributed by atoms with E-state index in [1.807, 2.05) is 17.0 Å². The lowest BCUT2D eigenvalue weighted by molar-refractivity contribution is -0.134. The summed E-state index contributed by atoms with van der Waals surface area (Å²) in [6.07, 6.45) is 5.03. The molecule has 172 valence electrons. The van der Waals surface area contributed by atoms with Crippen LogP contribution in [0.3, 0.4) is 0 Å². The van der Waals surface area contributed by atoms with Crippen LogP contribution in [0, 0.1) is 0 Å². The lowest BCUT2D eigenvalue weighted by Gasteiger charge is -2.36. The van der Waals surface area contributed by atoms with Crippen molar-refractivity contribution in [3.05, 3.63) is 59.7 Å². The Morgan fingerprint density at radius 1 is 1.09 bits per heavy atom. The molecule has 3 amide bonds. The molecule has 1 atom stereocenters. The van der Waals surface area contributed by atoms with E-state index in [1.54, 1.807) is 36.3 Å². The van der Waals surface area contributed by atoms with Gasteiger partial charge in [-0.2, -0.15) is 0 Å². The van der Waals surface area contributed by atoms with Gasteiger partial charge in [-0.25, -0.2) is 4.79 Å². The first-order chi connectivity index (χ1) is 15.5. The number of nitrogens with one attached hydrogen (secondary N) is 1. The Labute approximate surface area is 191 Å². The molecule has 0 fully saturated rings. The highest BCUT2D eigenvalue weighted by Gasteiger charge is 2.29. The largest absolute Gasteiger partial charge is 0.497 e. The van der Waals surface area contributed by atoms with Crippen LogP contribution < -0.4 is 10.1 Å². The van der Waals surface area contributed by atoms with Crippen LogP contribution in [0.4, 0.5) is 10.5 Å². The predicted molar refractivity (Wildman–Crippen MR) is 128 cm³/mol. The molecule has 1 unspecified atom stereocenters. The molecule has 3 rings (SSSR count). The molecular formula is C26H35N3O3. The van der Waals surface area contributed by atoms with Crippen molar-refractivity contribution in [1.82, 2.24) is 9.80 Å². The highest BCUT2D eigenvalue weighted by Crippen LogP contribution is 2.29. The van der Waals surface area contributed by atoms with Crippen molar-refractivity contribution in [2.75, 3.05) is 32.1 Å². The molecular weight excluding hydrogens is 402 g/mol. The van der Waals surface area contributed by atoms with Crippen LogP contribution in [0.5, 0.6) is 5.75 Å². The first-order valence-electron chi connectivity index (χ1n) is 11.6. The number of nitrogens with zero attached hydrogens (tertiary/aromatic N) is 2. The fraction of sp³-hybridized carbons (Fsp3) is 0.462. The van der Waals surface area contributed by atoms with Crippen LogP contribution in [0.25, 0.3) is 0 Å². The summed E-state index contributed by atoms with van der Waals surface area (Å²) in [5, 5.41) is 2.93. The maximum absolute atomic E-state index is 13.2. The second kappa shape index (κ2) is 11.6. The second-order valence-corrected chi connectivity index (χ2v) is 8.35. The number of hydrogen-bond donors (Lipinski definition) is 1. The molecule has 0 radical (unpaired) electrons. The number of benzene rings is 2. The summed E-state index contributed by atoms with van der Waals surface area (Å²) in [6.45, 7) is 5.56. The summed E-state index contributed by atoms with van der Waals surface area (Å²) in [7, 11) is 1.61. The fourth-order valence-corrected chi connectivity index (χ4v) is 4.23. The first-order valence-corrected chi connectivity index (χ1v) is 11.6. The van der Waals surface area contributed by atoms with Crippen molar-refractivity contribution in [3.8, 4) is 5.75 Å². The molecule has 0 aliphatic carbocycles. The normalized spacial score (nSPS) is 15.1. The number of rotatable bonds is 9. The number of amides is 3. The summed E-state index contributed by atoms with van der Waals surface area (Å²) in [6, 6.07) is 15.3. The summed E-state index contributed by atoms with van der Waals surface area (Å²) >= 11 is 0. The molecule has 1 N–H and O–H groups in total. The van der Waals surface area contributed by atoms with E-state index in [9.17, 15) is 9.59 Å². The van der Waals surface area contributed by atoms with Crippen LogP contribution in [0.2, 0.25) is 0 Å². The lowest BCUT2D eigenvalue weighted by Crippen LogP contribution is -2.47. The number of urea groups is 1. The van der Waals surface area contributed by atoms with E-state index in [-0.39, 0.29) is 24.5 Å². The van der Waals surface area contributed by atoms with Gasteiger partial charge < -0.3 is 19.9 Å². The molecule has 2 aromatic carbocycles. The highest BCUT2D eigenvalue weighted by molar-refractivity contribution is 5.92. The third-order valence-electron chi connectivity index (χ3n) is 6.15. The zero-order chi connectivity index (χ0) is 22.9. The molecule has 6 heteroatoms. The minimum absolute atomic E-state index is 0.00706. The summed E-state index contributed by atoms with van der Waals surface area (Å²) in [4.78, 5) is 29.8. The minimum atomic E-state index is -0.245. The van der Waals surface area contributed by atoms with E-state index in [0.29, 0.717) is 18.8 Å². The van der Waals surface area contributed by atoms with Gasteiger partial charge in [0.25, 0.3) is 0 Å². The van der Waals surface area contributed by atoms with Gasteiger partial charge in [-0.1, -0.05) is 50.5 Å². The SMILES string of the molecule is CCCCCCN(CC(=O)N1CCc2ccccc2C1C)C(=O)Nc1ccc(OC)cc1. The van der Waals surface area contributed by atoms with Gasteiger partial charge in [-0.05, 0) is 55.2 Å². The van der Waals surface area contributed by atoms with Crippen LogP contribution in [-0.4, -0.2) is 48.5 Å². The summed E-state index contributed by atoms with van der Waals surface area (Å²) in [5.41, 5.74) is 3.18. The Bertz CT molecular complexity index is 897. The van der Waals surface area contributed by atoms with Gasteiger partial charge in [0, 0.05) is 18.8 Å². The molecule has 1 aliphatic rings. The Kier molecular flexibility index (Phi) is 8.54. The van der Waals surface area contributed by atoms with Crippen molar-refractivity contribution in [2.24, 2.45) is 0 Å². The number of fused-ring (bicyclic) bond motifs is 1. The number of hydrogen-bond acceptors (Lipinski definition) is 3. The van der Waals surface area contributed by atoms with Crippen molar-refractivity contribution < 1.29 is 14.3 Å². The van der Waals surface area contributed by atoms with Gasteiger partial charge in [0.2, 0.25) is 5.91 Å². The molecule has 0 saturated carbocycles. The van der Waals surface area contributed by atoms with Crippen LogP contribution in [-0.2, 0) is 11.2 Å². The van der Waals surface area contributed by atoms with Gasteiger partial charge in [-0.15, -0.1) is 0 Å². The molecule has 0 aromatic heterocycles. The molecule has 6 nitrogen and oxygen atoms in total. The van der Waals surface area contributed by atoms with Gasteiger partial charge in [0.1, 0.15) is 12.3 Å². The van der Waals surface area contributed by atoms with Gasteiger partial charge >= 0.3 is 6.03 Å². The van der Waals surface area contributed by atoms with Gasteiger partial charge in [0.05, 0.1) is 13.2 Å². The van der Waals surface area contributed by atoms with Crippen molar-refractivity contribution in [2.45, 2.75) is 52.0 Å². The van der Waals surface area contributed by atoms with E-state index in [2.05, 4.69) is 31.3 Å². The predicted octanol–water partition coefficient (Wildman–Crippen LogP) is 5.26. The van der Waals surface area contributed by atoms with Crippen LogP contribution >= 0.6 is 0 Å². The first kappa shape index (κ1) is 23.6. The second-order valence-electron chi connectivity index (χ2n) is 8.35. The Hall–Kier alpha value is -3.02. The maximum Gasteiger partial charge on any atom is 0.322 e. The zero-order valence-electron chi connectivity index (χ0n) is 19.5. The smallest absolute Gasteiger partial charge is 0.322 e. The molecule has 0 bridgehead atoms.